The lowest BCUT2D eigenvalue weighted by Gasteiger charge is -2.30. The zero-order valence-corrected chi connectivity index (χ0v) is 26.1. The molecule has 1 saturated carbocycles. The number of nitrogens with one attached hydrogen (secondary N) is 1. The Bertz CT molecular complexity index is 1360. The Kier molecular flexibility index (Phi) is 9.49. The molecule has 11 nitrogen and oxygen atoms in total. The minimum Gasteiger partial charge on any atom is -0.497 e. The summed E-state index contributed by atoms with van der Waals surface area (Å²) >= 11 is 3.20. The molecule has 0 radical (unpaired) electrons. The molecule has 2 fully saturated rings. The lowest BCUT2D eigenvalue weighted by atomic mass is 10.1. The number of methoxy groups -OCH3 is 1. The molecule has 1 saturated heterocycles. The Labute approximate surface area is 253 Å². The predicted octanol–water partition coefficient (Wildman–Crippen LogP) is 3.99. The quantitative estimate of drug-likeness (QED) is 0.160. The molecule has 1 aliphatic carbocycles. The Balaban J connectivity index is 1.64. The summed E-state index contributed by atoms with van der Waals surface area (Å²) in [5.74, 6) is 0.0768. The molecule has 2 aliphatic rings. The van der Waals surface area contributed by atoms with Gasteiger partial charge in [0.2, 0.25) is 5.91 Å². The first kappa shape index (κ1) is 31.7. The molecule has 2 amide bonds. The molecule has 42 heavy (non-hydrogen) atoms. The van der Waals surface area contributed by atoms with Gasteiger partial charge in [-0.05, 0) is 46.2 Å². The van der Waals surface area contributed by atoms with E-state index in [4.69, 9.17) is 18.9 Å². The molecule has 12 heteroatoms. The van der Waals surface area contributed by atoms with Crippen molar-refractivity contribution in [3.05, 3.63) is 42.6 Å². The van der Waals surface area contributed by atoms with E-state index in [9.17, 15) is 19.5 Å². The summed E-state index contributed by atoms with van der Waals surface area (Å²) < 4.78 is 22.8. The highest BCUT2D eigenvalue weighted by Crippen LogP contribution is 2.47. The standard InChI is InChI=1S/C30H38BrN3O8/c1-7-17-14-30(17,27(37)40-8-2)33-26(36)23-12-19(16-34(23)28(38)42-29(3,4)5)41-25-13-22(24(35)15-31)32-21-11-18(39-6)9-10-20(21)25/h7,9-11,13,17,19,23,27,37H,1,8,12,14-16H2,2-6H3,(H,33,36)/t17-,19?,23+,27-,30-/m1/s1. The molecular formula is C30H38BrN3O8. The maximum atomic E-state index is 13.7. The molecule has 5 atom stereocenters. The topological polar surface area (TPSA) is 137 Å². The van der Waals surface area contributed by atoms with Gasteiger partial charge in [0.05, 0.1) is 30.0 Å². The summed E-state index contributed by atoms with van der Waals surface area (Å²) in [5.41, 5.74) is -1.11. The molecular weight excluding hydrogens is 610 g/mol. The van der Waals surface area contributed by atoms with Gasteiger partial charge in [-0.15, -0.1) is 6.58 Å². The highest BCUT2D eigenvalue weighted by molar-refractivity contribution is 9.09. The molecule has 1 unspecified atom stereocenters. The van der Waals surface area contributed by atoms with Crippen molar-refractivity contribution in [2.75, 3.05) is 25.6 Å². The van der Waals surface area contributed by atoms with E-state index in [1.54, 1.807) is 58.0 Å². The molecule has 2 aromatic rings. The maximum absolute atomic E-state index is 13.7. The van der Waals surface area contributed by atoms with Crippen molar-refractivity contribution >= 4 is 44.6 Å². The molecule has 2 heterocycles. The van der Waals surface area contributed by atoms with Crippen LogP contribution in [0.25, 0.3) is 10.9 Å². The average molecular weight is 649 g/mol. The van der Waals surface area contributed by atoms with Gasteiger partial charge in [-0.1, -0.05) is 22.0 Å². The summed E-state index contributed by atoms with van der Waals surface area (Å²) in [5, 5.41) is 14.3. The van der Waals surface area contributed by atoms with E-state index in [0.29, 0.717) is 28.8 Å². The largest absolute Gasteiger partial charge is 0.497 e. The van der Waals surface area contributed by atoms with E-state index in [-0.39, 0.29) is 42.3 Å². The van der Waals surface area contributed by atoms with Crippen LogP contribution in [0.3, 0.4) is 0 Å². The number of carbonyl (C=O) groups is 3. The normalized spacial score (nSPS) is 24.2. The van der Waals surface area contributed by atoms with Crippen LogP contribution in [0, 0.1) is 5.92 Å². The number of aliphatic hydroxyl groups excluding tert-OH is 1. The summed E-state index contributed by atoms with van der Waals surface area (Å²) in [6.07, 6.45) is -0.238. The summed E-state index contributed by atoms with van der Waals surface area (Å²) in [6.45, 7) is 11.1. The third kappa shape index (κ3) is 6.71. The van der Waals surface area contributed by atoms with Crippen molar-refractivity contribution in [2.24, 2.45) is 5.92 Å². The van der Waals surface area contributed by atoms with Gasteiger partial charge in [0.15, 0.2) is 12.1 Å². The highest BCUT2D eigenvalue weighted by Gasteiger charge is 2.60. The van der Waals surface area contributed by atoms with Gasteiger partial charge >= 0.3 is 6.09 Å². The number of alkyl halides is 1. The Morgan fingerprint density at radius 1 is 1.31 bits per heavy atom. The van der Waals surface area contributed by atoms with E-state index in [1.807, 2.05) is 0 Å². The van der Waals surface area contributed by atoms with Gasteiger partial charge < -0.3 is 29.4 Å². The zero-order chi connectivity index (χ0) is 30.8. The minimum absolute atomic E-state index is 0.0561. The fourth-order valence-electron chi connectivity index (χ4n) is 5.15. The number of fused-ring (bicyclic) bond motifs is 1. The highest BCUT2D eigenvalue weighted by atomic mass is 79.9. The molecule has 0 bridgehead atoms. The number of halogens is 1. The number of ether oxygens (including phenoxy) is 4. The first-order chi connectivity index (χ1) is 19.8. The number of nitrogens with zero attached hydrogens (tertiary/aromatic N) is 2. The lowest BCUT2D eigenvalue weighted by Crippen LogP contribution is -2.55. The van der Waals surface area contributed by atoms with Crippen molar-refractivity contribution in [3.63, 3.8) is 0 Å². The van der Waals surface area contributed by atoms with Gasteiger partial charge in [-0.25, -0.2) is 9.78 Å². The van der Waals surface area contributed by atoms with E-state index < -0.39 is 41.6 Å². The maximum Gasteiger partial charge on any atom is 0.411 e. The zero-order valence-electron chi connectivity index (χ0n) is 24.5. The van der Waals surface area contributed by atoms with Gasteiger partial charge in [0.1, 0.15) is 34.9 Å². The first-order valence-corrected chi connectivity index (χ1v) is 15.0. The van der Waals surface area contributed by atoms with Crippen LogP contribution in [-0.2, 0) is 14.3 Å². The third-order valence-corrected chi connectivity index (χ3v) is 7.85. The van der Waals surface area contributed by atoms with Gasteiger partial charge in [-0.3, -0.25) is 14.5 Å². The van der Waals surface area contributed by atoms with Crippen molar-refractivity contribution in [3.8, 4) is 11.5 Å². The molecule has 0 spiro atoms. The first-order valence-electron chi connectivity index (χ1n) is 13.8. The van der Waals surface area contributed by atoms with Crippen LogP contribution in [-0.4, -0.2) is 87.9 Å². The molecule has 2 N–H and O–H groups in total. The number of aromatic nitrogens is 1. The monoisotopic (exact) mass is 647 g/mol. The van der Waals surface area contributed by atoms with Crippen LogP contribution in [0.5, 0.6) is 11.5 Å². The fourth-order valence-corrected chi connectivity index (χ4v) is 5.44. The average Bonchev–Trinajstić information content (AvgIpc) is 3.50. The van der Waals surface area contributed by atoms with Gasteiger partial charge in [0, 0.05) is 36.5 Å². The Morgan fingerprint density at radius 3 is 2.64 bits per heavy atom. The number of amides is 2. The summed E-state index contributed by atoms with van der Waals surface area (Å²) in [6, 6.07) is 5.87. The van der Waals surface area contributed by atoms with Crippen LogP contribution < -0.4 is 14.8 Å². The second-order valence-corrected chi connectivity index (χ2v) is 12.0. The number of ketones is 1. The number of pyridine rings is 1. The van der Waals surface area contributed by atoms with Crippen LogP contribution in [0.2, 0.25) is 0 Å². The van der Waals surface area contributed by atoms with Crippen LogP contribution in [0.4, 0.5) is 4.79 Å². The second-order valence-electron chi connectivity index (χ2n) is 11.5. The number of hydrogen-bond donors (Lipinski definition) is 2. The lowest BCUT2D eigenvalue weighted by molar-refractivity contribution is -0.143. The molecule has 1 aromatic heterocycles. The summed E-state index contributed by atoms with van der Waals surface area (Å²) in [7, 11) is 1.54. The van der Waals surface area contributed by atoms with Crippen LogP contribution >= 0.6 is 15.9 Å². The Morgan fingerprint density at radius 2 is 2.05 bits per heavy atom. The van der Waals surface area contributed by atoms with Crippen molar-refractivity contribution in [2.45, 2.75) is 70.1 Å². The summed E-state index contributed by atoms with van der Waals surface area (Å²) in [4.78, 5) is 45.4. The molecule has 1 aliphatic heterocycles. The van der Waals surface area contributed by atoms with E-state index in [1.165, 1.54) is 12.0 Å². The number of rotatable bonds is 11. The number of benzene rings is 1. The minimum atomic E-state index is -1.23. The number of carbonyl (C=O) groups excluding carboxylic acids is 3. The molecule has 1 aromatic carbocycles. The van der Waals surface area contributed by atoms with Crippen molar-refractivity contribution in [1.82, 2.24) is 15.2 Å². The molecule has 4 rings (SSSR count). The Hall–Kier alpha value is -3.22. The number of aliphatic hydroxyl groups is 1. The number of hydrogen-bond acceptors (Lipinski definition) is 9. The van der Waals surface area contributed by atoms with Crippen LogP contribution in [0.1, 0.15) is 51.0 Å². The molecule has 228 valence electrons. The second kappa shape index (κ2) is 12.6. The van der Waals surface area contributed by atoms with Gasteiger partial charge in [0.25, 0.3) is 0 Å². The fraction of sp³-hybridized carbons (Fsp3) is 0.533. The number of likely N-dealkylation sites (tertiary alicyclic amines) is 1. The van der Waals surface area contributed by atoms with Crippen molar-refractivity contribution < 1.29 is 38.4 Å². The van der Waals surface area contributed by atoms with Crippen molar-refractivity contribution in [1.29, 1.82) is 0 Å². The van der Waals surface area contributed by atoms with E-state index in [2.05, 4.69) is 32.8 Å². The van der Waals surface area contributed by atoms with E-state index >= 15 is 0 Å². The predicted molar refractivity (Wildman–Crippen MR) is 159 cm³/mol. The van der Waals surface area contributed by atoms with E-state index in [0.717, 1.165) is 0 Å². The third-order valence-electron chi connectivity index (χ3n) is 7.34. The van der Waals surface area contributed by atoms with Gasteiger partial charge in [-0.2, -0.15) is 0 Å². The smallest absolute Gasteiger partial charge is 0.411 e. The SMILES string of the molecule is C=C[C@@H]1C[C@]1(NC(=O)[C@@H]1CC(Oc2cc(C(=O)CBr)nc3cc(OC)ccc23)CN1C(=O)OC(C)(C)C)[C@H](O)OCC. The van der Waals surface area contributed by atoms with Crippen LogP contribution in [0.15, 0.2) is 36.9 Å². The number of Topliss-reactive ketones (excluding diaryl/α,β-unsaturated/α-hetero) is 1.